The fraction of sp³-hybridized carbons (Fsp3) is 0.250. The molecular formula is C28H27BrN4O5. The van der Waals surface area contributed by atoms with E-state index in [0.29, 0.717) is 28.7 Å². The predicted octanol–water partition coefficient (Wildman–Crippen LogP) is 6.19. The van der Waals surface area contributed by atoms with Crippen molar-refractivity contribution in [2.24, 2.45) is 5.10 Å². The molecule has 9 nitrogen and oxygen atoms in total. The van der Waals surface area contributed by atoms with Gasteiger partial charge < -0.3 is 9.47 Å². The van der Waals surface area contributed by atoms with E-state index in [-0.39, 0.29) is 29.4 Å². The summed E-state index contributed by atoms with van der Waals surface area (Å²) in [5.41, 5.74) is 2.31. The molecule has 0 aliphatic carbocycles. The summed E-state index contributed by atoms with van der Waals surface area (Å²) in [4.78, 5) is 29.4. The van der Waals surface area contributed by atoms with Crippen molar-refractivity contribution in [3.63, 3.8) is 0 Å². The van der Waals surface area contributed by atoms with Crippen LogP contribution < -0.4 is 15.0 Å². The Morgan fingerprint density at radius 3 is 2.71 bits per heavy atom. The van der Waals surface area contributed by atoms with Crippen LogP contribution in [-0.4, -0.2) is 27.9 Å². The van der Waals surface area contributed by atoms with Crippen molar-refractivity contribution in [3.8, 4) is 11.5 Å². The Morgan fingerprint density at radius 1 is 1.18 bits per heavy atom. The molecule has 3 aromatic carbocycles. The predicted molar refractivity (Wildman–Crippen MR) is 150 cm³/mol. The number of rotatable bonds is 10. The summed E-state index contributed by atoms with van der Waals surface area (Å²) in [7, 11) is 1.41. The lowest BCUT2D eigenvalue weighted by Crippen LogP contribution is -2.22. The number of aryl methyl sites for hydroxylation is 2. The Hall–Kier alpha value is -4.05. The van der Waals surface area contributed by atoms with Gasteiger partial charge in [0.1, 0.15) is 12.4 Å². The zero-order valence-corrected chi connectivity index (χ0v) is 22.9. The number of nitrogens with zero attached hydrogens (tertiary/aromatic N) is 4. The fourth-order valence-corrected chi connectivity index (χ4v) is 4.37. The van der Waals surface area contributed by atoms with Gasteiger partial charge in [-0.3, -0.25) is 14.9 Å². The van der Waals surface area contributed by atoms with Gasteiger partial charge in [-0.15, -0.1) is 0 Å². The molecule has 196 valence electrons. The van der Waals surface area contributed by atoms with Crippen molar-refractivity contribution in [3.05, 3.63) is 102 Å². The highest BCUT2D eigenvalue weighted by Gasteiger charge is 2.22. The molecule has 10 heteroatoms. The van der Waals surface area contributed by atoms with Crippen molar-refractivity contribution in [2.75, 3.05) is 7.11 Å². The van der Waals surface area contributed by atoms with Crippen LogP contribution in [0, 0.1) is 17.0 Å². The third-order valence-corrected chi connectivity index (χ3v) is 6.38. The van der Waals surface area contributed by atoms with Gasteiger partial charge in [-0.1, -0.05) is 59.1 Å². The van der Waals surface area contributed by atoms with Gasteiger partial charge in [-0.25, -0.2) is 4.98 Å². The minimum absolute atomic E-state index is 0.0224. The third kappa shape index (κ3) is 6.08. The van der Waals surface area contributed by atoms with Gasteiger partial charge in [0.15, 0.2) is 5.75 Å². The van der Waals surface area contributed by atoms with E-state index >= 15 is 0 Å². The lowest BCUT2D eigenvalue weighted by Gasteiger charge is -2.12. The molecule has 0 fully saturated rings. The molecule has 0 saturated carbocycles. The number of ether oxygens (including phenoxy) is 2. The highest BCUT2D eigenvalue weighted by Crippen LogP contribution is 2.38. The van der Waals surface area contributed by atoms with Crippen molar-refractivity contribution >= 4 is 38.7 Å². The van der Waals surface area contributed by atoms with Crippen LogP contribution >= 0.6 is 15.9 Å². The SMILES string of the molecule is CCCCc1nc2ccc(Br)cc2c(=O)n1N=Cc1cc(OC)c(OCc2cccc(C)c2)c([N+](=O)[O-])c1. The van der Waals surface area contributed by atoms with Gasteiger partial charge in [-0.05, 0) is 43.2 Å². The molecule has 0 aliphatic rings. The normalized spacial score (nSPS) is 11.3. The average molecular weight is 579 g/mol. The maximum absolute atomic E-state index is 13.3. The summed E-state index contributed by atoms with van der Waals surface area (Å²) < 4.78 is 13.3. The summed E-state index contributed by atoms with van der Waals surface area (Å²) in [6.07, 6.45) is 3.70. The number of halogens is 1. The molecular weight excluding hydrogens is 552 g/mol. The van der Waals surface area contributed by atoms with E-state index in [1.807, 2.05) is 37.3 Å². The Morgan fingerprint density at radius 2 is 2.00 bits per heavy atom. The van der Waals surface area contributed by atoms with Crippen LogP contribution in [0.3, 0.4) is 0 Å². The first kappa shape index (κ1) is 27.0. The monoisotopic (exact) mass is 578 g/mol. The maximum Gasteiger partial charge on any atom is 0.315 e. The molecule has 4 rings (SSSR count). The minimum Gasteiger partial charge on any atom is -0.493 e. The largest absolute Gasteiger partial charge is 0.493 e. The van der Waals surface area contributed by atoms with E-state index in [9.17, 15) is 14.9 Å². The lowest BCUT2D eigenvalue weighted by molar-refractivity contribution is -0.386. The molecule has 0 atom stereocenters. The highest BCUT2D eigenvalue weighted by molar-refractivity contribution is 9.10. The van der Waals surface area contributed by atoms with Crippen molar-refractivity contribution in [1.29, 1.82) is 0 Å². The van der Waals surface area contributed by atoms with Gasteiger partial charge in [0, 0.05) is 22.5 Å². The second-order valence-corrected chi connectivity index (χ2v) is 9.68. The summed E-state index contributed by atoms with van der Waals surface area (Å²) >= 11 is 3.40. The molecule has 0 unspecified atom stereocenters. The zero-order valence-electron chi connectivity index (χ0n) is 21.3. The Kier molecular flexibility index (Phi) is 8.52. The van der Waals surface area contributed by atoms with Gasteiger partial charge in [-0.2, -0.15) is 9.78 Å². The first-order chi connectivity index (χ1) is 18.3. The molecule has 0 aliphatic heterocycles. The highest BCUT2D eigenvalue weighted by atomic mass is 79.9. The third-order valence-electron chi connectivity index (χ3n) is 5.89. The summed E-state index contributed by atoms with van der Waals surface area (Å²) in [6.45, 7) is 4.15. The smallest absolute Gasteiger partial charge is 0.315 e. The number of methoxy groups -OCH3 is 1. The lowest BCUT2D eigenvalue weighted by atomic mass is 10.1. The Bertz CT molecular complexity index is 1580. The van der Waals surface area contributed by atoms with Crippen molar-refractivity contribution < 1.29 is 14.4 Å². The number of hydrogen-bond acceptors (Lipinski definition) is 7. The first-order valence-corrected chi connectivity index (χ1v) is 12.9. The topological polar surface area (TPSA) is 109 Å². The Labute approximate surface area is 228 Å². The summed E-state index contributed by atoms with van der Waals surface area (Å²) in [5.74, 6) is 0.726. The van der Waals surface area contributed by atoms with E-state index in [1.165, 1.54) is 24.1 Å². The van der Waals surface area contributed by atoms with E-state index in [2.05, 4.69) is 32.9 Å². The zero-order chi connectivity index (χ0) is 27.2. The standard InChI is InChI=1S/C28H27BrN4O5/c1-4-5-9-26-31-23-11-10-21(29)15-22(23)28(34)32(26)30-16-20-13-24(33(35)36)27(25(14-20)37-3)38-17-19-8-6-7-18(2)12-19/h6-8,10-16H,4-5,9,17H2,1-3H3. The molecule has 0 N–H and O–H groups in total. The summed E-state index contributed by atoms with van der Waals surface area (Å²) in [5, 5.41) is 16.8. The van der Waals surface area contributed by atoms with Crippen LogP contribution in [0.15, 0.2) is 69.0 Å². The second-order valence-electron chi connectivity index (χ2n) is 8.76. The number of nitro benzene ring substituents is 1. The van der Waals surface area contributed by atoms with E-state index in [1.54, 1.807) is 18.2 Å². The molecule has 0 saturated heterocycles. The Balaban J connectivity index is 1.74. The molecule has 0 amide bonds. The van der Waals surface area contributed by atoms with Gasteiger partial charge >= 0.3 is 5.69 Å². The molecule has 1 aromatic heterocycles. The van der Waals surface area contributed by atoms with Crippen molar-refractivity contribution in [2.45, 2.75) is 39.7 Å². The van der Waals surface area contributed by atoms with Crippen LogP contribution in [0.5, 0.6) is 11.5 Å². The van der Waals surface area contributed by atoms with Gasteiger partial charge in [0.2, 0.25) is 5.75 Å². The van der Waals surface area contributed by atoms with E-state index in [0.717, 1.165) is 28.4 Å². The van der Waals surface area contributed by atoms with Gasteiger partial charge in [0.05, 0.1) is 29.2 Å². The van der Waals surface area contributed by atoms with Crippen LogP contribution in [-0.2, 0) is 13.0 Å². The first-order valence-electron chi connectivity index (χ1n) is 12.1. The minimum atomic E-state index is -0.528. The average Bonchev–Trinajstić information content (AvgIpc) is 2.90. The van der Waals surface area contributed by atoms with Crippen LogP contribution in [0.25, 0.3) is 10.9 Å². The second kappa shape index (κ2) is 12.0. The number of unbranched alkanes of at least 4 members (excludes halogenated alkanes) is 1. The van der Waals surface area contributed by atoms with Gasteiger partial charge in [0.25, 0.3) is 5.56 Å². The van der Waals surface area contributed by atoms with Crippen molar-refractivity contribution in [1.82, 2.24) is 9.66 Å². The van der Waals surface area contributed by atoms with Crippen LogP contribution in [0.2, 0.25) is 0 Å². The number of benzene rings is 3. The molecule has 0 radical (unpaired) electrons. The summed E-state index contributed by atoms with van der Waals surface area (Å²) in [6, 6.07) is 15.9. The molecule has 38 heavy (non-hydrogen) atoms. The number of fused-ring (bicyclic) bond motifs is 1. The quantitative estimate of drug-likeness (QED) is 0.126. The maximum atomic E-state index is 13.3. The molecule has 0 spiro atoms. The van der Waals surface area contributed by atoms with E-state index < -0.39 is 4.92 Å². The van der Waals surface area contributed by atoms with Crippen LogP contribution in [0.1, 0.15) is 42.3 Å². The molecule has 4 aromatic rings. The van der Waals surface area contributed by atoms with Crippen LogP contribution in [0.4, 0.5) is 5.69 Å². The number of nitro groups is 1. The molecule has 1 heterocycles. The fourth-order valence-electron chi connectivity index (χ4n) is 4.01. The molecule has 0 bridgehead atoms. The van der Waals surface area contributed by atoms with E-state index in [4.69, 9.17) is 9.47 Å². The number of hydrogen-bond donors (Lipinski definition) is 0. The number of aromatic nitrogens is 2.